The number of para-hydroxylation sites is 2. The van der Waals surface area contributed by atoms with Crippen LogP contribution in [0, 0.1) is 10.7 Å². The number of aromatic nitrogens is 2. The number of piperidine rings is 1. The van der Waals surface area contributed by atoms with Gasteiger partial charge in [-0.15, -0.1) is 0 Å². The van der Waals surface area contributed by atoms with Gasteiger partial charge < -0.3 is 14.5 Å². The summed E-state index contributed by atoms with van der Waals surface area (Å²) in [7, 11) is 2.20. The standard InChI is InChI=1S/C14H19N3S/c1-10-9-16(2)8-7-12(10)17-13-6-4-3-5-11(13)15-14(17)18/h3-6,10,12H,7-9H2,1-2H3,(H,15,18). The molecule has 2 atom stereocenters. The smallest absolute Gasteiger partial charge is 0.178 e. The fourth-order valence-corrected chi connectivity index (χ4v) is 3.47. The van der Waals surface area contributed by atoms with Crippen LogP contribution in [-0.2, 0) is 0 Å². The Kier molecular flexibility index (Phi) is 2.99. The van der Waals surface area contributed by atoms with E-state index in [-0.39, 0.29) is 0 Å². The van der Waals surface area contributed by atoms with Gasteiger partial charge in [0.2, 0.25) is 0 Å². The third-order valence-electron chi connectivity index (χ3n) is 4.02. The average Bonchev–Trinajstić information content (AvgIpc) is 2.66. The first-order chi connectivity index (χ1) is 8.66. The molecule has 1 saturated heterocycles. The fourth-order valence-electron chi connectivity index (χ4n) is 3.13. The summed E-state index contributed by atoms with van der Waals surface area (Å²) in [5.74, 6) is 0.634. The molecule has 1 aromatic carbocycles. The van der Waals surface area contributed by atoms with E-state index in [1.54, 1.807) is 0 Å². The number of nitrogens with zero attached hydrogens (tertiary/aromatic N) is 2. The molecule has 1 aromatic heterocycles. The van der Waals surface area contributed by atoms with Crippen LogP contribution in [-0.4, -0.2) is 34.6 Å². The van der Waals surface area contributed by atoms with Gasteiger partial charge in [0.15, 0.2) is 4.77 Å². The average molecular weight is 261 g/mol. The van der Waals surface area contributed by atoms with Crippen LogP contribution in [0.25, 0.3) is 11.0 Å². The Morgan fingerprint density at radius 3 is 2.89 bits per heavy atom. The molecule has 1 aliphatic rings. The molecule has 3 nitrogen and oxygen atoms in total. The molecule has 1 N–H and O–H groups in total. The number of likely N-dealkylation sites (tertiary alicyclic amines) is 1. The lowest BCUT2D eigenvalue weighted by Gasteiger charge is -2.35. The number of hydrogen-bond acceptors (Lipinski definition) is 2. The molecule has 0 bridgehead atoms. The second-order valence-electron chi connectivity index (χ2n) is 5.41. The van der Waals surface area contributed by atoms with Crippen molar-refractivity contribution in [1.29, 1.82) is 0 Å². The zero-order chi connectivity index (χ0) is 12.7. The van der Waals surface area contributed by atoms with Crippen molar-refractivity contribution < 1.29 is 0 Å². The number of imidazole rings is 1. The summed E-state index contributed by atoms with van der Waals surface area (Å²) >= 11 is 5.51. The fraction of sp³-hybridized carbons (Fsp3) is 0.500. The lowest BCUT2D eigenvalue weighted by Crippen LogP contribution is -2.37. The topological polar surface area (TPSA) is 24.0 Å². The number of hydrogen-bond donors (Lipinski definition) is 1. The summed E-state index contributed by atoms with van der Waals surface area (Å²) in [5.41, 5.74) is 2.39. The first-order valence-electron chi connectivity index (χ1n) is 6.54. The highest BCUT2D eigenvalue weighted by molar-refractivity contribution is 7.71. The third kappa shape index (κ3) is 1.89. The van der Waals surface area contributed by atoms with Crippen molar-refractivity contribution in [1.82, 2.24) is 14.5 Å². The molecule has 0 amide bonds. The number of rotatable bonds is 1. The van der Waals surface area contributed by atoms with E-state index < -0.39 is 0 Å². The summed E-state index contributed by atoms with van der Waals surface area (Å²) in [4.78, 5) is 5.72. The zero-order valence-electron chi connectivity index (χ0n) is 10.9. The van der Waals surface area contributed by atoms with E-state index in [0.717, 1.165) is 23.4 Å². The maximum Gasteiger partial charge on any atom is 0.178 e. The van der Waals surface area contributed by atoms with Crippen molar-refractivity contribution in [2.45, 2.75) is 19.4 Å². The molecule has 0 aliphatic carbocycles. The molecule has 18 heavy (non-hydrogen) atoms. The molecular weight excluding hydrogens is 242 g/mol. The Bertz CT molecular complexity index is 613. The Labute approximate surface area is 112 Å². The predicted octanol–water partition coefficient (Wildman–Crippen LogP) is 3.21. The minimum absolute atomic E-state index is 0.518. The van der Waals surface area contributed by atoms with Gasteiger partial charge in [-0.2, -0.15) is 0 Å². The van der Waals surface area contributed by atoms with Crippen LogP contribution in [0.15, 0.2) is 24.3 Å². The van der Waals surface area contributed by atoms with E-state index in [4.69, 9.17) is 12.2 Å². The van der Waals surface area contributed by atoms with Gasteiger partial charge in [0.25, 0.3) is 0 Å². The van der Waals surface area contributed by atoms with E-state index in [1.165, 1.54) is 11.9 Å². The maximum absolute atomic E-state index is 5.51. The summed E-state index contributed by atoms with van der Waals surface area (Å²) in [6, 6.07) is 8.91. The van der Waals surface area contributed by atoms with E-state index in [0.29, 0.717) is 12.0 Å². The Hall–Kier alpha value is -1.13. The van der Waals surface area contributed by atoms with Gasteiger partial charge in [-0.3, -0.25) is 0 Å². The normalized spacial score (nSPS) is 25.7. The van der Waals surface area contributed by atoms with E-state index in [9.17, 15) is 0 Å². The summed E-state index contributed by atoms with van der Waals surface area (Å²) < 4.78 is 3.18. The SMILES string of the molecule is CC1CN(C)CCC1n1c(=S)[nH]c2ccccc21. The summed E-state index contributed by atoms with van der Waals surface area (Å²) in [5, 5.41) is 0. The lowest BCUT2D eigenvalue weighted by molar-refractivity contribution is 0.160. The van der Waals surface area contributed by atoms with Crippen molar-refractivity contribution in [2.75, 3.05) is 20.1 Å². The van der Waals surface area contributed by atoms with Gasteiger partial charge in [0.1, 0.15) is 0 Å². The van der Waals surface area contributed by atoms with Gasteiger partial charge in [0.05, 0.1) is 11.0 Å². The minimum atomic E-state index is 0.518. The Balaban J connectivity index is 2.09. The molecular formula is C14H19N3S. The van der Waals surface area contributed by atoms with E-state index in [2.05, 4.69) is 52.7 Å². The first kappa shape index (κ1) is 11.9. The number of H-pyrrole nitrogens is 1. The van der Waals surface area contributed by atoms with Gasteiger partial charge in [0, 0.05) is 12.6 Å². The molecule has 1 fully saturated rings. The minimum Gasteiger partial charge on any atom is -0.331 e. The molecule has 0 saturated carbocycles. The van der Waals surface area contributed by atoms with Crippen LogP contribution in [0.3, 0.4) is 0 Å². The van der Waals surface area contributed by atoms with Gasteiger partial charge in [-0.1, -0.05) is 19.1 Å². The molecule has 96 valence electrons. The van der Waals surface area contributed by atoms with Crippen LogP contribution in [0.5, 0.6) is 0 Å². The molecule has 2 unspecified atom stereocenters. The van der Waals surface area contributed by atoms with Crippen molar-refractivity contribution in [3.05, 3.63) is 29.0 Å². The van der Waals surface area contributed by atoms with Crippen LogP contribution >= 0.6 is 12.2 Å². The molecule has 2 heterocycles. The van der Waals surface area contributed by atoms with Crippen LogP contribution in [0.4, 0.5) is 0 Å². The highest BCUT2D eigenvalue weighted by Gasteiger charge is 2.27. The number of fused-ring (bicyclic) bond motifs is 1. The van der Waals surface area contributed by atoms with Crippen LogP contribution in [0.1, 0.15) is 19.4 Å². The van der Waals surface area contributed by atoms with Crippen molar-refractivity contribution in [3.63, 3.8) is 0 Å². The zero-order valence-corrected chi connectivity index (χ0v) is 11.7. The number of benzene rings is 1. The highest BCUT2D eigenvalue weighted by Crippen LogP contribution is 2.30. The number of nitrogens with one attached hydrogen (secondary N) is 1. The monoisotopic (exact) mass is 261 g/mol. The first-order valence-corrected chi connectivity index (χ1v) is 6.95. The van der Waals surface area contributed by atoms with Gasteiger partial charge >= 0.3 is 0 Å². The number of aromatic amines is 1. The highest BCUT2D eigenvalue weighted by atomic mass is 32.1. The molecule has 3 rings (SSSR count). The maximum atomic E-state index is 5.51. The predicted molar refractivity (Wildman–Crippen MR) is 77.4 cm³/mol. The third-order valence-corrected chi connectivity index (χ3v) is 4.32. The van der Waals surface area contributed by atoms with Crippen molar-refractivity contribution in [3.8, 4) is 0 Å². The lowest BCUT2D eigenvalue weighted by atomic mass is 9.94. The van der Waals surface area contributed by atoms with Crippen molar-refractivity contribution in [2.24, 2.45) is 5.92 Å². The van der Waals surface area contributed by atoms with Crippen LogP contribution in [0.2, 0.25) is 0 Å². The van der Waals surface area contributed by atoms with E-state index in [1.807, 2.05) is 0 Å². The van der Waals surface area contributed by atoms with Crippen molar-refractivity contribution >= 4 is 23.3 Å². The second kappa shape index (κ2) is 4.52. The largest absolute Gasteiger partial charge is 0.331 e. The molecule has 0 spiro atoms. The Morgan fingerprint density at radius 1 is 1.33 bits per heavy atom. The molecule has 0 radical (unpaired) electrons. The van der Waals surface area contributed by atoms with Gasteiger partial charge in [-0.25, -0.2) is 0 Å². The molecule has 1 aliphatic heterocycles. The van der Waals surface area contributed by atoms with Crippen LogP contribution < -0.4 is 0 Å². The van der Waals surface area contributed by atoms with E-state index >= 15 is 0 Å². The Morgan fingerprint density at radius 2 is 2.11 bits per heavy atom. The van der Waals surface area contributed by atoms with Gasteiger partial charge in [-0.05, 0) is 50.3 Å². The quantitative estimate of drug-likeness (QED) is 0.797. The summed E-state index contributed by atoms with van der Waals surface area (Å²) in [6.07, 6.45) is 1.17. The molecule has 4 heteroatoms. The molecule has 2 aromatic rings. The second-order valence-corrected chi connectivity index (χ2v) is 5.80. The summed E-state index contributed by atoms with van der Waals surface area (Å²) in [6.45, 7) is 4.62.